The minimum atomic E-state index is 1.02. The van der Waals surface area contributed by atoms with Crippen LogP contribution in [0.25, 0.3) is 0 Å². The van der Waals surface area contributed by atoms with Crippen LogP contribution >= 0.6 is 15.9 Å². The normalized spacial score (nSPS) is 13.9. The van der Waals surface area contributed by atoms with Gasteiger partial charge in [0, 0.05) is 16.7 Å². The number of aromatic nitrogens is 1. The van der Waals surface area contributed by atoms with E-state index in [0.29, 0.717) is 0 Å². The van der Waals surface area contributed by atoms with Crippen LogP contribution in [-0.4, -0.2) is 11.5 Å². The molecular formula is C14H13BrN2. The Morgan fingerprint density at radius 1 is 1.18 bits per heavy atom. The van der Waals surface area contributed by atoms with Crippen molar-refractivity contribution >= 4 is 27.4 Å². The van der Waals surface area contributed by atoms with E-state index in [1.807, 2.05) is 6.92 Å². The minimum absolute atomic E-state index is 1.02. The average molecular weight is 289 g/mol. The van der Waals surface area contributed by atoms with Crippen molar-refractivity contribution in [2.24, 2.45) is 0 Å². The van der Waals surface area contributed by atoms with Crippen molar-refractivity contribution in [1.82, 2.24) is 4.98 Å². The average Bonchev–Trinajstić information content (AvgIpc) is 2.76. The van der Waals surface area contributed by atoms with Crippen LogP contribution in [0.15, 0.2) is 40.9 Å². The maximum absolute atomic E-state index is 4.63. The number of anilines is 2. The highest BCUT2D eigenvalue weighted by molar-refractivity contribution is 9.10. The van der Waals surface area contributed by atoms with Gasteiger partial charge in [-0.1, -0.05) is 18.2 Å². The van der Waals surface area contributed by atoms with Crippen LogP contribution < -0.4 is 4.90 Å². The number of nitrogens with zero attached hydrogens (tertiary/aromatic N) is 2. The Labute approximate surface area is 109 Å². The van der Waals surface area contributed by atoms with Gasteiger partial charge in [0.15, 0.2) is 0 Å². The lowest BCUT2D eigenvalue weighted by atomic mass is 10.2. The van der Waals surface area contributed by atoms with Gasteiger partial charge in [0.1, 0.15) is 5.82 Å². The summed E-state index contributed by atoms with van der Waals surface area (Å²) in [5.41, 5.74) is 3.74. The van der Waals surface area contributed by atoms with Crippen LogP contribution in [0.5, 0.6) is 0 Å². The zero-order chi connectivity index (χ0) is 11.8. The zero-order valence-corrected chi connectivity index (χ0v) is 11.2. The van der Waals surface area contributed by atoms with Crippen molar-refractivity contribution in [2.75, 3.05) is 11.4 Å². The number of pyridine rings is 1. The van der Waals surface area contributed by atoms with Crippen molar-refractivity contribution in [3.05, 3.63) is 52.1 Å². The number of fused-ring (bicyclic) bond motifs is 1. The highest BCUT2D eigenvalue weighted by Crippen LogP contribution is 2.33. The molecule has 2 aromatic rings. The van der Waals surface area contributed by atoms with Crippen molar-refractivity contribution in [3.8, 4) is 0 Å². The van der Waals surface area contributed by atoms with Crippen molar-refractivity contribution < 1.29 is 0 Å². The molecule has 0 amide bonds. The second-order valence-corrected chi connectivity index (χ2v) is 5.12. The summed E-state index contributed by atoms with van der Waals surface area (Å²) >= 11 is 3.49. The number of rotatable bonds is 1. The Morgan fingerprint density at radius 3 is 2.82 bits per heavy atom. The maximum Gasteiger partial charge on any atom is 0.133 e. The molecule has 1 aliphatic rings. The van der Waals surface area contributed by atoms with Crippen LogP contribution in [0.4, 0.5) is 11.5 Å². The van der Waals surface area contributed by atoms with Crippen LogP contribution in [0.3, 0.4) is 0 Å². The van der Waals surface area contributed by atoms with Crippen LogP contribution in [-0.2, 0) is 6.42 Å². The Bertz CT molecular complexity index is 566. The van der Waals surface area contributed by atoms with E-state index < -0.39 is 0 Å². The number of benzene rings is 1. The maximum atomic E-state index is 4.63. The summed E-state index contributed by atoms with van der Waals surface area (Å²) in [5.74, 6) is 1.04. The van der Waals surface area contributed by atoms with Crippen molar-refractivity contribution in [3.63, 3.8) is 0 Å². The molecule has 0 radical (unpaired) electrons. The number of hydrogen-bond donors (Lipinski definition) is 0. The highest BCUT2D eigenvalue weighted by Gasteiger charge is 2.20. The van der Waals surface area contributed by atoms with Gasteiger partial charge in [0.05, 0.1) is 5.69 Å². The zero-order valence-electron chi connectivity index (χ0n) is 9.65. The Kier molecular flexibility index (Phi) is 2.63. The number of para-hydroxylation sites is 1. The molecule has 2 heterocycles. The second kappa shape index (κ2) is 4.15. The van der Waals surface area contributed by atoms with Gasteiger partial charge in [-0.25, -0.2) is 4.98 Å². The molecule has 0 atom stereocenters. The molecule has 86 valence electrons. The molecule has 3 rings (SSSR count). The van der Waals surface area contributed by atoms with Gasteiger partial charge in [-0.15, -0.1) is 0 Å². The van der Waals surface area contributed by atoms with Crippen LogP contribution in [0.2, 0.25) is 0 Å². The molecule has 3 heteroatoms. The third kappa shape index (κ3) is 1.84. The van der Waals surface area contributed by atoms with E-state index in [0.717, 1.165) is 29.0 Å². The largest absolute Gasteiger partial charge is 0.326 e. The lowest BCUT2D eigenvalue weighted by molar-refractivity contribution is 0.964. The molecule has 2 nitrogen and oxygen atoms in total. The van der Waals surface area contributed by atoms with Gasteiger partial charge in [-0.2, -0.15) is 0 Å². The van der Waals surface area contributed by atoms with Crippen molar-refractivity contribution in [2.45, 2.75) is 13.3 Å². The first-order valence-corrected chi connectivity index (χ1v) is 6.53. The smallest absolute Gasteiger partial charge is 0.133 e. The number of hydrogen-bond acceptors (Lipinski definition) is 2. The first-order valence-electron chi connectivity index (χ1n) is 5.74. The van der Waals surface area contributed by atoms with Crippen LogP contribution in [0, 0.1) is 6.92 Å². The van der Waals surface area contributed by atoms with E-state index in [2.05, 4.69) is 62.2 Å². The van der Waals surface area contributed by atoms with E-state index in [1.165, 1.54) is 11.3 Å². The third-order valence-electron chi connectivity index (χ3n) is 3.17. The standard InChI is InChI=1S/C14H13BrN2/c1-10-12(15)6-7-14(16-10)17-9-8-11-4-2-3-5-13(11)17/h2-7H,8-9H2,1H3. The predicted octanol–water partition coefficient (Wildman–Crippen LogP) is 3.85. The summed E-state index contributed by atoms with van der Waals surface area (Å²) in [6.45, 7) is 3.04. The second-order valence-electron chi connectivity index (χ2n) is 4.27. The Hall–Kier alpha value is -1.35. The molecule has 0 fully saturated rings. The summed E-state index contributed by atoms with van der Waals surface area (Å²) < 4.78 is 1.06. The van der Waals surface area contributed by atoms with Gasteiger partial charge in [0.25, 0.3) is 0 Å². The summed E-state index contributed by atoms with van der Waals surface area (Å²) in [5, 5.41) is 0. The molecule has 0 N–H and O–H groups in total. The van der Waals surface area contributed by atoms with E-state index in [4.69, 9.17) is 0 Å². The first kappa shape index (κ1) is 10.8. The molecule has 0 aliphatic carbocycles. The number of halogens is 1. The molecule has 0 spiro atoms. The van der Waals surface area contributed by atoms with Gasteiger partial charge in [-0.05, 0) is 53.0 Å². The van der Waals surface area contributed by atoms with E-state index in [1.54, 1.807) is 0 Å². The molecule has 1 aromatic heterocycles. The molecule has 17 heavy (non-hydrogen) atoms. The highest BCUT2D eigenvalue weighted by atomic mass is 79.9. The lowest BCUT2D eigenvalue weighted by Crippen LogP contribution is -2.15. The Morgan fingerprint density at radius 2 is 2.00 bits per heavy atom. The third-order valence-corrected chi connectivity index (χ3v) is 4.01. The summed E-state index contributed by atoms with van der Waals surface area (Å²) in [6.07, 6.45) is 1.10. The van der Waals surface area contributed by atoms with Gasteiger partial charge >= 0.3 is 0 Å². The number of aryl methyl sites for hydroxylation is 1. The summed E-state index contributed by atoms with van der Waals surface area (Å²) in [7, 11) is 0. The molecule has 0 bridgehead atoms. The van der Waals surface area contributed by atoms with Crippen molar-refractivity contribution in [1.29, 1.82) is 0 Å². The fourth-order valence-electron chi connectivity index (χ4n) is 2.26. The molecule has 0 saturated carbocycles. The first-order chi connectivity index (χ1) is 8.25. The molecular weight excluding hydrogens is 276 g/mol. The topological polar surface area (TPSA) is 16.1 Å². The molecule has 0 saturated heterocycles. The monoisotopic (exact) mass is 288 g/mol. The van der Waals surface area contributed by atoms with E-state index in [-0.39, 0.29) is 0 Å². The quantitative estimate of drug-likeness (QED) is 0.792. The van der Waals surface area contributed by atoms with Gasteiger partial charge in [-0.3, -0.25) is 0 Å². The summed E-state index contributed by atoms with van der Waals surface area (Å²) in [6, 6.07) is 12.7. The predicted molar refractivity (Wildman–Crippen MR) is 73.8 cm³/mol. The fraction of sp³-hybridized carbons (Fsp3) is 0.214. The lowest BCUT2D eigenvalue weighted by Gasteiger charge is -2.18. The fourth-order valence-corrected chi connectivity index (χ4v) is 2.48. The van der Waals surface area contributed by atoms with E-state index >= 15 is 0 Å². The summed E-state index contributed by atoms with van der Waals surface area (Å²) in [4.78, 5) is 6.92. The minimum Gasteiger partial charge on any atom is -0.326 e. The molecule has 0 unspecified atom stereocenters. The van der Waals surface area contributed by atoms with Gasteiger partial charge < -0.3 is 4.90 Å². The molecule has 1 aliphatic heterocycles. The SMILES string of the molecule is Cc1nc(N2CCc3ccccc32)ccc1Br. The van der Waals surface area contributed by atoms with Gasteiger partial charge in [0.2, 0.25) is 0 Å². The Balaban J connectivity index is 2.04. The van der Waals surface area contributed by atoms with E-state index in [9.17, 15) is 0 Å². The van der Waals surface area contributed by atoms with Crippen LogP contribution in [0.1, 0.15) is 11.3 Å². The molecule has 1 aromatic carbocycles.